The van der Waals surface area contributed by atoms with Gasteiger partial charge in [-0.05, 0) is 18.2 Å². The van der Waals surface area contributed by atoms with Crippen LogP contribution in [0, 0.1) is 0 Å². The van der Waals surface area contributed by atoms with Crippen molar-refractivity contribution >= 4 is 22.6 Å². The average Bonchev–Trinajstić information content (AvgIpc) is 2.30. The van der Waals surface area contributed by atoms with Crippen LogP contribution in [0.4, 0.5) is 0 Å². The van der Waals surface area contributed by atoms with Gasteiger partial charge in [-0.15, -0.1) is 0 Å². The van der Waals surface area contributed by atoms with Gasteiger partial charge in [-0.1, -0.05) is 11.6 Å². The van der Waals surface area contributed by atoms with Crippen molar-refractivity contribution in [1.82, 2.24) is 0 Å². The van der Waals surface area contributed by atoms with Crippen LogP contribution in [-0.4, -0.2) is 17.8 Å². The van der Waals surface area contributed by atoms with Gasteiger partial charge in [-0.3, -0.25) is 0 Å². The van der Waals surface area contributed by atoms with E-state index < -0.39 is 11.7 Å². The van der Waals surface area contributed by atoms with Crippen molar-refractivity contribution < 1.29 is 14.3 Å². The summed E-state index contributed by atoms with van der Waals surface area (Å²) in [5.41, 5.74) is 0.349. The maximum Gasteiger partial charge on any atom is 0.343 e. The highest BCUT2D eigenvalue weighted by atomic mass is 35.5. The van der Waals surface area contributed by atoms with E-state index in [0.29, 0.717) is 27.3 Å². The molecule has 0 radical (unpaired) electrons. The molecule has 1 unspecified atom stereocenters. The molecule has 1 aromatic carbocycles. The fourth-order valence-electron chi connectivity index (χ4n) is 2.00. The van der Waals surface area contributed by atoms with Gasteiger partial charge < -0.3 is 14.3 Å². The number of fused-ring (bicyclic) bond motifs is 3. The number of hydrogen-bond acceptors (Lipinski definition) is 4. The van der Waals surface area contributed by atoms with Gasteiger partial charge in [0.2, 0.25) is 0 Å². The zero-order valence-electron chi connectivity index (χ0n) is 8.77. The zero-order valence-corrected chi connectivity index (χ0v) is 9.53. The van der Waals surface area contributed by atoms with Crippen LogP contribution in [0.15, 0.2) is 27.4 Å². The molecule has 0 saturated heterocycles. The molecule has 5 heteroatoms. The molecule has 1 N–H and O–H groups in total. The van der Waals surface area contributed by atoms with Crippen molar-refractivity contribution in [3.8, 4) is 5.75 Å². The fourth-order valence-corrected chi connectivity index (χ4v) is 2.17. The van der Waals surface area contributed by atoms with Crippen molar-refractivity contribution in [3.05, 3.63) is 39.2 Å². The zero-order chi connectivity index (χ0) is 12.0. The van der Waals surface area contributed by atoms with Gasteiger partial charge in [0, 0.05) is 11.4 Å². The van der Waals surface area contributed by atoms with Gasteiger partial charge in [0.05, 0.1) is 17.1 Å². The van der Waals surface area contributed by atoms with Gasteiger partial charge >= 0.3 is 5.63 Å². The SMILES string of the molecule is O=c1oc2ccc(Cl)cc2c2c1CC(O)CO2. The first kappa shape index (κ1) is 10.6. The second-order valence-electron chi connectivity index (χ2n) is 4.01. The Morgan fingerprint density at radius 3 is 3.06 bits per heavy atom. The minimum absolute atomic E-state index is 0.179. The minimum Gasteiger partial charge on any atom is -0.490 e. The van der Waals surface area contributed by atoms with Crippen LogP contribution in [0.25, 0.3) is 11.0 Å². The molecule has 2 heterocycles. The molecule has 4 nitrogen and oxygen atoms in total. The van der Waals surface area contributed by atoms with Crippen LogP contribution < -0.4 is 10.4 Å². The molecular weight excluding hydrogens is 244 g/mol. The maximum absolute atomic E-state index is 11.7. The topological polar surface area (TPSA) is 59.7 Å². The largest absolute Gasteiger partial charge is 0.490 e. The van der Waals surface area contributed by atoms with E-state index >= 15 is 0 Å². The van der Waals surface area contributed by atoms with Crippen LogP contribution in [0.3, 0.4) is 0 Å². The molecule has 0 bridgehead atoms. The third kappa shape index (κ3) is 1.69. The molecule has 0 fully saturated rings. The smallest absolute Gasteiger partial charge is 0.343 e. The van der Waals surface area contributed by atoms with E-state index in [1.54, 1.807) is 18.2 Å². The molecule has 0 saturated carbocycles. The highest BCUT2D eigenvalue weighted by Crippen LogP contribution is 2.32. The Morgan fingerprint density at radius 1 is 1.41 bits per heavy atom. The lowest BCUT2D eigenvalue weighted by atomic mass is 10.0. The Labute approximate surface area is 101 Å². The Balaban J connectivity index is 2.36. The van der Waals surface area contributed by atoms with Crippen LogP contribution in [-0.2, 0) is 6.42 Å². The van der Waals surface area contributed by atoms with Crippen LogP contribution in [0.1, 0.15) is 5.56 Å². The maximum atomic E-state index is 11.7. The van der Waals surface area contributed by atoms with Crippen molar-refractivity contribution in [2.75, 3.05) is 6.61 Å². The summed E-state index contributed by atoms with van der Waals surface area (Å²) in [6.07, 6.45) is -0.415. The van der Waals surface area contributed by atoms with E-state index in [9.17, 15) is 9.90 Å². The molecule has 1 aliphatic rings. The first-order chi connectivity index (χ1) is 8.15. The summed E-state index contributed by atoms with van der Waals surface area (Å²) in [7, 11) is 0. The first-order valence-corrected chi connectivity index (χ1v) is 5.59. The molecule has 1 atom stereocenters. The van der Waals surface area contributed by atoms with E-state index in [1.807, 2.05) is 0 Å². The van der Waals surface area contributed by atoms with Crippen molar-refractivity contribution in [2.24, 2.45) is 0 Å². The number of halogens is 1. The summed E-state index contributed by atoms with van der Waals surface area (Å²) in [5, 5.41) is 10.7. The van der Waals surface area contributed by atoms with Crippen molar-refractivity contribution in [1.29, 1.82) is 0 Å². The number of benzene rings is 1. The Kier molecular flexibility index (Phi) is 2.34. The highest BCUT2D eigenvalue weighted by Gasteiger charge is 2.24. The number of ether oxygens (including phenoxy) is 1. The van der Waals surface area contributed by atoms with E-state index in [2.05, 4.69) is 0 Å². The second-order valence-corrected chi connectivity index (χ2v) is 4.44. The summed E-state index contributed by atoms with van der Waals surface area (Å²) in [6.45, 7) is 0.179. The van der Waals surface area contributed by atoms with Gasteiger partial charge in [0.15, 0.2) is 0 Å². The molecule has 2 aromatic rings. The van der Waals surface area contributed by atoms with Crippen molar-refractivity contribution in [2.45, 2.75) is 12.5 Å². The van der Waals surface area contributed by atoms with Gasteiger partial charge in [-0.25, -0.2) is 4.79 Å². The average molecular weight is 253 g/mol. The normalized spacial score (nSPS) is 18.8. The lowest BCUT2D eigenvalue weighted by Gasteiger charge is -2.21. The van der Waals surface area contributed by atoms with Crippen LogP contribution in [0.5, 0.6) is 5.75 Å². The molecule has 0 spiro atoms. The predicted octanol–water partition coefficient (Wildman–Crippen LogP) is 1.74. The Morgan fingerprint density at radius 2 is 2.24 bits per heavy atom. The lowest BCUT2D eigenvalue weighted by molar-refractivity contribution is 0.0914. The fraction of sp³-hybridized carbons (Fsp3) is 0.250. The van der Waals surface area contributed by atoms with Gasteiger partial charge in [0.1, 0.15) is 17.9 Å². The summed E-state index contributed by atoms with van der Waals surface area (Å²) in [6, 6.07) is 4.97. The summed E-state index contributed by atoms with van der Waals surface area (Å²) >= 11 is 5.90. The first-order valence-electron chi connectivity index (χ1n) is 5.21. The highest BCUT2D eigenvalue weighted by molar-refractivity contribution is 6.31. The lowest BCUT2D eigenvalue weighted by Crippen LogP contribution is -2.29. The molecule has 0 aliphatic carbocycles. The van der Waals surface area contributed by atoms with Gasteiger partial charge in [-0.2, -0.15) is 0 Å². The van der Waals surface area contributed by atoms with Gasteiger partial charge in [0.25, 0.3) is 0 Å². The molecule has 88 valence electrons. The monoisotopic (exact) mass is 252 g/mol. The minimum atomic E-state index is -0.665. The second kappa shape index (κ2) is 3.75. The van der Waals surface area contributed by atoms with E-state index in [4.69, 9.17) is 20.8 Å². The predicted molar refractivity (Wildman–Crippen MR) is 62.7 cm³/mol. The van der Waals surface area contributed by atoms with Crippen molar-refractivity contribution in [3.63, 3.8) is 0 Å². The molecule has 0 amide bonds. The number of hydrogen-bond donors (Lipinski definition) is 1. The molecule has 17 heavy (non-hydrogen) atoms. The third-order valence-electron chi connectivity index (χ3n) is 2.77. The number of rotatable bonds is 0. The molecule has 1 aromatic heterocycles. The third-order valence-corrected chi connectivity index (χ3v) is 3.00. The quantitative estimate of drug-likeness (QED) is 0.726. The number of aliphatic hydroxyl groups is 1. The Hall–Kier alpha value is -1.52. The standard InChI is InChI=1S/C12H9ClO4/c13-6-1-2-10-8(3-6)11-9(12(15)17-10)4-7(14)5-16-11/h1-3,7,14H,4-5H2. The van der Waals surface area contributed by atoms with E-state index in [-0.39, 0.29) is 13.0 Å². The summed E-state index contributed by atoms with van der Waals surface area (Å²) < 4.78 is 10.6. The summed E-state index contributed by atoms with van der Waals surface area (Å²) in [5.74, 6) is 0.476. The van der Waals surface area contributed by atoms with E-state index in [0.717, 1.165) is 0 Å². The molecule has 3 rings (SSSR count). The molecular formula is C12H9ClO4. The van der Waals surface area contributed by atoms with E-state index in [1.165, 1.54) is 0 Å². The summed E-state index contributed by atoms with van der Waals surface area (Å²) in [4.78, 5) is 11.7. The number of aliphatic hydroxyl groups excluding tert-OH is 1. The van der Waals surface area contributed by atoms with Crippen LogP contribution >= 0.6 is 11.6 Å². The van der Waals surface area contributed by atoms with Crippen LogP contribution in [0.2, 0.25) is 5.02 Å². The Bertz CT molecular complexity index is 647. The molecule has 1 aliphatic heterocycles.